The molecule has 1 aromatic carbocycles. The van der Waals surface area contributed by atoms with E-state index < -0.39 is 11.4 Å². The minimum absolute atomic E-state index is 0.00299. The number of aliphatic hydroxyl groups is 1. The molecule has 224 valence electrons. The van der Waals surface area contributed by atoms with Crippen LogP contribution in [0.15, 0.2) is 45.8 Å². The number of aliphatic hydroxyl groups excluding tert-OH is 1. The first kappa shape index (κ1) is 29.2. The lowest BCUT2D eigenvalue weighted by atomic mass is 9.47. The summed E-state index contributed by atoms with van der Waals surface area (Å²) in [5.41, 5.74) is 1.78. The normalized spacial score (nSPS) is 33.3. The summed E-state index contributed by atoms with van der Waals surface area (Å²) in [5, 5.41) is 46.2. The van der Waals surface area contributed by atoms with E-state index in [-0.39, 0.29) is 39.5 Å². The van der Waals surface area contributed by atoms with Gasteiger partial charge >= 0.3 is 0 Å². The Bertz CT molecular complexity index is 1660. The van der Waals surface area contributed by atoms with Crippen LogP contribution in [0.1, 0.15) is 83.3 Å². The lowest BCUT2D eigenvalue weighted by molar-refractivity contribution is -0.0423. The van der Waals surface area contributed by atoms with Crippen LogP contribution in [0.4, 0.5) is 0 Å². The number of pyridine rings is 1. The Labute approximate surface area is 252 Å². The van der Waals surface area contributed by atoms with E-state index in [2.05, 4.69) is 25.0 Å². The van der Waals surface area contributed by atoms with Crippen molar-refractivity contribution in [3.05, 3.63) is 57.4 Å². The number of aromatic hydroxyl groups is 1. The van der Waals surface area contributed by atoms with Crippen molar-refractivity contribution in [2.45, 2.75) is 78.2 Å². The molecule has 3 saturated carbocycles. The van der Waals surface area contributed by atoms with Crippen LogP contribution < -0.4 is 10.3 Å². The van der Waals surface area contributed by atoms with E-state index in [0.717, 1.165) is 61.8 Å². The van der Waals surface area contributed by atoms with Crippen molar-refractivity contribution in [1.29, 1.82) is 10.5 Å². The highest BCUT2D eigenvalue weighted by atomic mass is 16.5. The molecule has 0 saturated heterocycles. The molecule has 0 amide bonds. The number of benzene rings is 1. The molecule has 4 aliphatic rings. The third-order valence-corrected chi connectivity index (χ3v) is 11.8. The second-order valence-electron chi connectivity index (χ2n) is 13.6. The molecule has 2 N–H and O–H groups in total. The Morgan fingerprint density at radius 1 is 1.05 bits per heavy atom. The summed E-state index contributed by atoms with van der Waals surface area (Å²) >= 11 is 0. The molecule has 7 atom stereocenters. The fourth-order valence-electron chi connectivity index (χ4n) is 9.56. The van der Waals surface area contributed by atoms with Crippen LogP contribution in [-0.2, 0) is 0 Å². The van der Waals surface area contributed by atoms with Gasteiger partial charge in [0.1, 0.15) is 29.0 Å². The standard InChI is InChI=1S/C35H40N4O4/c1-20(38-39-32(41)26(18-36)31(27(19-37)33(39)42)21-5-8-24(43-4)9-6-21)28-11-12-29-25-10-7-22-17-23(40)13-15-34(22,2)30(25)14-16-35(28,29)3/h5-9,23,25,28-30,40-41H,10-17H2,1-4H3/b38-20+/t23-,25-,28+,29-,30-,34-,35+/m0/s1. The lowest BCUT2D eigenvalue weighted by Crippen LogP contribution is -2.51. The Balaban J connectivity index is 1.35. The Morgan fingerprint density at radius 3 is 2.44 bits per heavy atom. The van der Waals surface area contributed by atoms with E-state index in [9.17, 15) is 25.5 Å². The number of aromatic nitrogens is 1. The summed E-state index contributed by atoms with van der Waals surface area (Å²) in [6.45, 7) is 6.70. The van der Waals surface area contributed by atoms with Crippen molar-refractivity contribution < 1.29 is 14.9 Å². The molecule has 8 heteroatoms. The first-order valence-corrected chi connectivity index (χ1v) is 15.5. The summed E-state index contributed by atoms with van der Waals surface area (Å²) in [5.74, 6) is 1.87. The number of methoxy groups -OCH3 is 1. The quantitative estimate of drug-likeness (QED) is 0.330. The molecule has 0 unspecified atom stereocenters. The van der Waals surface area contributed by atoms with Gasteiger partial charge in [0.05, 0.1) is 13.2 Å². The Kier molecular flexibility index (Phi) is 7.26. The fourth-order valence-corrected chi connectivity index (χ4v) is 9.56. The van der Waals surface area contributed by atoms with Gasteiger partial charge < -0.3 is 14.9 Å². The predicted molar refractivity (Wildman–Crippen MR) is 163 cm³/mol. The summed E-state index contributed by atoms with van der Waals surface area (Å²) in [7, 11) is 1.54. The van der Waals surface area contributed by atoms with E-state index in [4.69, 9.17) is 4.74 Å². The number of nitriles is 2. The zero-order chi connectivity index (χ0) is 30.7. The van der Waals surface area contributed by atoms with Crippen LogP contribution in [0.3, 0.4) is 0 Å². The number of hydrogen-bond acceptors (Lipinski definition) is 7. The molecule has 1 aromatic heterocycles. The zero-order valence-electron chi connectivity index (χ0n) is 25.4. The summed E-state index contributed by atoms with van der Waals surface area (Å²) in [4.78, 5) is 13.6. The van der Waals surface area contributed by atoms with Crippen LogP contribution >= 0.6 is 0 Å². The number of nitrogens with zero attached hydrogens (tertiary/aromatic N) is 4. The Morgan fingerprint density at radius 2 is 1.77 bits per heavy atom. The van der Waals surface area contributed by atoms with Crippen molar-refractivity contribution in [2.24, 2.45) is 39.6 Å². The number of fused-ring (bicyclic) bond motifs is 5. The van der Waals surface area contributed by atoms with E-state index >= 15 is 0 Å². The van der Waals surface area contributed by atoms with Crippen LogP contribution in [0, 0.1) is 57.2 Å². The highest BCUT2D eigenvalue weighted by molar-refractivity contribution is 5.86. The van der Waals surface area contributed by atoms with Crippen molar-refractivity contribution >= 4 is 5.71 Å². The predicted octanol–water partition coefficient (Wildman–Crippen LogP) is 6.14. The first-order valence-electron chi connectivity index (χ1n) is 15.5. The van der Waals surface area contributed by atoms with Crippen molar-refractivity contribution in [1.82, 2.24) is 4.68 Å². The smallest absolute Gasteiger partial charge is 0.292 e. The van der Waals surface area contributed by atoms with Gasteiger partial charge in [0.15, 0.2) is 0 Å². The van der Waals surface area contributed by atoms with Crippen molar-refractivity contribution in [3.63, 3.8) is 0 Å². The van der Waals surface area contributed by atoms with E-state index in [1.807, 2.05) is 19.1 Å². The molecule has 2 aromatic rings. The maximum absolute atomic E-state index is 13.6. The topological polar surface area (TPSA) is 132 Å². The van der Waals surface area contributed by atoms with Gasteiger partial charge in [-0.25, -0.2) is 0 Å². The summed E-state index contributed by atoms with van der Waals surface area (Å²) < 4.78 is 6.06. The average molecular weight is 581 g/mol. The SMILES string of the molecule is COc1ccc(-c2c(C#N)c(O)n(/N=C(\C)[C@H]3CC[C@H]4[C@@H]5CC=C6C[C@@H](O)CC[C@]6(C)[C@H]5CC[C@]34C)c(=O)c2C#N)cc1. The number of rotatable bonds is 4. The van der Waals surface area contributed by atoms with Crippen LogP contribution in [0.2, 0.25) is 0 Å². The zero-order valence-corrected chi connectivity index (χ0v) is 25.4. The molecular weight excluding hydrogens is 540 g/mol. The van der Waals surface area contributed by atoms with E-state index in [1.165, 1.54) is 12.7 Å². The minimum Gasteiger partial charge on any atom is -0.497 e. The van der Waals surface area contributed by atoms with Gasteiger partial charge in [-0.1, -0.05) is 37.6 Å². The second kappa shape index (κ2) is 10.7. The number of allylic oxidation sites excluding steroid dienone is 1. The first-order chi connectivity index (χ1) is 20.6. The molecule has 3 fully saturated rings. The van der Waals surface area contributed by atoms with Gasteiger partial charge in [-0.3, -0.25) is 4.79 Å². The summed E-state index contributed by atoms with van der Waals surface area (Å²) in [6, 6.07) is 10.6. The molecular formula is C35H40N4O4. The molecule has 0 aliphatic heterocycles. The summed E-state index contributed by atoms with van der Waals surface area (Å²) in [6.07, 6.45) is 10.2. The minimum atomic E-state index is -0.745. The third-order valence-electron chi connectivity index (χ3n) is 11.8. The molecule has 8 nitrogen and oxygen atoms in total. The largest absolute Gasteiger partial charge is 0.497 e. The molecule has 0 radical (unpaired) electrons. The van der Waals surface area contributed by atoms with Gasteiger partial charge in [0.25, 0.3) is 5.56 Å². The molecule has 0 bridgehead atoms. The molecule has 43 heavy (non-hydrogen) atoms. The van der Waals surface area contributed by atoms with Gasteiger partial charge in [-0.15, -0.1) is 0 Å². The van der Waals surface area contributed by atoms with Crippen molar-refractivity contribution in [2.75, 3.05) is 7.11 Å². The van der Waals surface area contributed by atoms with Crippen LogP contribution in [0.25, 0.3) is 11.1 Å². The molecule has 1 heterocycles. The van der Waals surface area contributed by atoms with E-state index in [0.29, 0.717) is 29.1 Å². The van der Waals surface area contributed by atoms with Crippen molar-refractivity contribution in [3.8, 4) is 34.9 Å². The maximum atomic E-state index is 13.6. The average Bonchev–Trinajstić information content (AvgIpc) is 3.36. The lowest BCUT2D eigenvalue weighted by Gasteiger charge is -2.58. The van der Waals surface area contributed by atoms with Gasteiger partial charge in [0.2, 0.25) is 5.88 Å². The highest BCUT2D eigenvalue weighted by Gasteiger charge is 2.59. The number of hydrogen-bond donors (Lipinski definition) is 2. The van der Waals surface area contributed by atoms with Gasteiger partial charge in [-0.05, 0) is 105 Å². The highest BCUT2D eigenvalue weighted by Crippen LogP contribution is 2.66. The maximum Gasteiger partial charge on any atom is 0.292 e. The Hall–Kier alpha value is -3.88. The number of ether oxygens (including phenoxy) is 1. The second-order valence-corrected chi connectivity index (χ2v) is 13.6. The van der Waals surface area contributed by atoms with Gasteiger partial charge in [-0.2, -0.15) is 20.3 Å². The molecule has 4 aliphatic carbocycles. The van der Waals surface area contributed by atoms with E-state index in [1.54, 1.807) is 24.3 Å². The molecule has 6 rings (SSSR count). The van der Waals surface area contributed by atoms with Crippen LogP contribution in [-0.4, -0.2) is 33.8 Å². The third kappa shape index (κ3) is 4.42. The van der Waals surface area contributed by atoms with Gasteiger partial charge in [0, 0.05) is 17.2 Å². The monoisotopic (exact) mass is 580 g/mol. The fraction of sp³-hybridized carbons (Fsp3) is 0.543. The molecule has 0 spiro atoms. The van der Waals surface area contributed by atoms with Crippen LogP contribution in [0.5, 0.6) is 11.6 Å².